The van der Waals surface area contributed by atoms with Crippen molar-refractivity contribution < 1.29 is 9.59 Å². The Bertz CT molecular complexity index is 1220. The van der Waals surface area contributed by atoms with E-state index >= 15 is 0 Å². The molecule has 0 saturated carbocycles. The zero-order valence-electron chi connectivity index (χ0n) is 19.0. The molecule has 2 aliphatic heterocycles. The molecule has 0 bridgehead atoms. The maximum Gasteiger partial charge on any atom is 0.259 e. The van der Waals surface area contributed by atoms with Crippen LogP contribution >= 0.6 is 11.8 Å². The molecule has 0 atom stereocenters. The molecule has 0 spiro atoms. The summed E-state index contributed by atoms with van der Waals surface area (Å²) in [6, 6.07) is 23.8. The number of rotatable bonds is 5. The summed E-state index contributed by atoms with van der Waals surface area (Å²) in [7, 11) is 0. The Morgan fingerprint density at radius 1 is 0.912 bits per heavy atom. The zero-order chi connectivity index (χ0) is 23.5. The second-order valence-electron chi connectivity index (χ2n) is 8.54. The van der Waals surface area contributed by atoms with Gasteiger partial charge in [-0.15, -0.1) is 6.58 Å². The smallest absolute Gasteiger partial charge is 0.259 e. The van der Waals surface area contributed by atoms with Crippen molar-refractivity contribution in [3.63, 3.8) is 0 Å². The van der Waals surface area contributed by atoms with E-state index in [9.17, 15) is 9.59 Å². The Morgan fingerprint density at radius 2 is 1.65 bits per heavy atom. The summed E-state index contributed by atoms with van der Waals surface area (Å²) in [6.45, 7) is 8.20. The summed E-state index contributed by atoms with van der Waals surface area (Å²) in [5.74, 6) is -0.0548. The largest absolute Gasteiger partial charge is 0.336 e. The normalized spacial score (nSPS) is 15.9. The molecular weight excluding hydrogens is 442 g/mol. The third-order valence-electron chi connectivity index (χ3n) is 6.30. The first kappa shape index (κ1) is 22.4. The third kappa shape index (κ3) is 4.52. The number of hydrogen-bond donors (Lipinski definition) is 0. The summed E-state index contributed by atoms with van der Waals surface area (Å²) in [4.78, 5) is 34.6. The van der Waals surface area contributed by atoms with E-state index in [2.05, 4.69) is 35.7 Å². The molecule has 6 heteroatoms. The van der Waals surface area contributed by atoms with Gasteiger partial charge in [-0.05, 0) is 35.9 Å². The Labute approximate surface area is 204 Å². The lowest BCUT2D eigenvalue weighted by Crippen LogP contribution is -2.48. The van der Waals surface area contributed by atoms with Crippen LogP contribution in [0.2, 0.25) is 0 Å². The highest BCUT2D eigenvalue weighted by molar-refractivity contribution is 7.99. The number of carbonyl (C=O) groups excluding carboxylic acids is 2. The monoisotopic (exact) mass is 469 g/mol. The molecule has 2 aliphatic rings. The fourth-order valence-electron chi connectivity index (χ4n) is 4.50. The van der Waals surface area contributed by atoms with Crippen LogP contribution in [0.1, 0.15) is 26.3 Å². The summed E-state index contributed by atoms with van der Waals surface area (Å²) < 4.78 is 0. The van der Waals surface area contributed by atoms with Gasteiger partial charge in [0.2, 0.25) is 0 Å². The first-order valence-electron chi connectivity index (χ1n) is 11.5. The van der Waals surface area contributed by atoms with E-state index in [0.717, 1.165) is 35.1 Å². The van der Waals surface area contributed by atoms with E-state index in [4.69, 9.17) is 0 Å². The molecule has 0 aliphatic carbocycles. The lowest BCUT2D eigenvalue weighted by atomic mass is 10.1. The highest BCUT2D eigenvalue weighted by atomic mass is 32.2. The van der Waals surface area contributed by atoms with Crippen LogP contribution in [0.5, 0.6) is 0 Å². The van der Waals surface area contributed by atoms with Crippen molar-refractivity contribution in [3.8, 4) is 0 Å². The molecule has 5 rings (SSSR count). The van der Waals surface area contributed by atoms with Crippen LogP contribution in [0, 0.1) is 0 Å². The molecule has 0 unspecified atom stereocenters. The highest BCUT2D eigenvalue weighted by Crippen LogP contribution is 2.41. The molecule has 3 aromatic rings. The van der Waals surface area contributed by atoms with Gasteiger partial charge in [-0.2, -0.15) is 0 Å². The summed E-state index contributed by atoms with van der Waals surface area (Å²) in [5.41, 5.74) is 3.34. The van der Waals surface area contributed by atoms with Crippen LogP contribution < -0.4 is 4.90 Å². The highest BCUT2D eigenvalue weighted by Gasteiger charge is 2.28. The number of benzene rings is 3. The summed E-state index contributed by atoms with van der Waals surface area (Å²) >= 11 is 1.57. The molecule has 34 heavy (non-hydrogen) atoms. The lowest BCUT2D eigenvalue weighted by Gasteiger charge is -2.35. The minimum atomic E-state index is -0.0686. The predicted octanol–water partition coefficient (Wildman–Crippen LogP) is 4.94. The van der Waals surface area contributed by atoms with Gasteiger partial charge in [-0.25, -0.2) is 0 Å². The first-order valence-corrected chi connectivity index (χ1v) is 12.3. The van der Waals surface area contributed by atoms with Crippen LogP contribution in [-0.2, 0) is 6.54 Å². The van der Waals surface area contributed by atoms with Crippen molar-refractivity contribution in [1.29, 1.82) is 0 Å². The third-order valence-corrected chi connectivity index (χ3v) is 7.44. The van der Waals surface area contributed by atoms with E-state index < -0.39 is 0 Å². The SMILES string of the molecule is C=CCN1C(=O)c2ccccc2Sc2ccc(C(=O)N3CCN(Cc4ccccc4)CC3)cc21. The molecule has 172 valence electrons. The number of nitrogens with zero attached hydrogens (tertiary/aromatic N) is 3. The first-order chi connectivity index (χ1) is 16.6. The van der Waals surface area contributed by atoms with Crippen LogP contribution in [0.3, 0.4) is 0 Å². The molecule has 1 saturated heterocycles. The van der Waals surface area contributed by atoms with Crippen molar-refractivity contribution in [2.24, 2.45) is 0 Å². The molecule has 1 fully saturated rings. The predicted molar refractivity (Wildman–Crippen MR) is 137 cm³/mol. The topological polar surface area (TPSA) is 43.9 Å². The molecule has 0 N–H and O–H groups in total. The van der Waals surface area contributed by atoms with Gasteiger partial charge in [0, 0.05) is 54.6 Å². The lowest BCUT2D eigenvalue weighted by molar-refractivity contribution is 0.0628. The van der Waals surface area contributed by atoms with Crippen molar-refractivity contribution in [1.82, 2.24) is 9.80 Å². The summed E-state index contributed by atoms with van der Waals surface area (Å²) in [5, 5.41) is 0. The molecule has 5 nitrogen and oxygen atoms in total. The van der Waals surface area contributed by atoms with Crippen LogP contribution in [0.15, 0.2) is 95.2 Å². The van der Waals surface area contributed by atoms with E-state index in [1.54, 1.807) is 22.7 Å². The Balaban J connectivity index is 1.34. The molecule has 3 aromatic carbocycles. The molecule has 0 aromatic heterocycles. The fourth-order valence-corrected chi connectivity index (χ4v) is 5.56. The van der Waals surface area contributed by atoms with Gasteiger partial charge < -0.3 is 9.80 Å². The van der Waals surface area contributed by atoms with Gasteiger partial charge in [0.05, 0.1) is 11.3 Å². The quantitative estimate of drug-likeness (QED) is 0.497. The summed E-state index contributed by atoms with van der Waals surface area (Å²) in [6.07, 6.45) is 1.72. The van der Waals surface area contributed by atoms with E-state index in [1.165, 1.54) is 5.56 Å². The molecule has 0 radical (unpaired) electrons. The van der Waals surface area contributed by atoms with Crippen LogP contribution in [0.4, 0.5) is 5.69 Å². The van der Waals surface area contributed by atoms with Crippen molar-refractivity contribution in [3.05, 3.63) is 102 Å². The van der Waals surface area contributed by atoms with Crippen LogP contribution in [0.25, 0.3) is 0 Å². The number of hydrogen-bond acceptors (Lipinski definition) is 4. The van der Waals surface area contributed by atoms with Gasteiger partial charge in [-0.3, -0.25) is 14.5 Å². The number of carbonyl (C=O) groups is 2. The number of anilines is 1. The van der Waals surface area contributed by atoms with Gasteiger partial charge in [0.25, 0.3) is 11.8 Å². The van der Waals surface area contributed by atoms with Crippen LogP contribution in [-0.4, -0.2) is 54.3 Å². The van der Waals surface area contributed by atoms with Gasteiger partial charge in [0.15, 0.2) is 0 Å². The van der Waals surface area contributed by atoms with E-state index in [1.807, 2.05) is 53.4 Å². The van der Waals surface area contributed by atoms with E-state index in [-0.39, 0.29) is 11.8 Å². The minimum Gasteiger partial charge on any atom is -0.336 e. The van der Waals surface area contributed by atoms with Gasteiger partial charge >= 0.3 is 0 Å². The standard InChI is InChI=1S/C28H27N3O2S/c1-2-14-31-24-19-22(12-13-26(24)34-25-11-7-6-10-23(25)28(31)33)27(32)30-17-15-29(16-18-30)20-21-8-4-3-5-9-21/h2-13,19H,1,14-18,20H2. The Kier molecular flexibility index (Phi) is 6.52. The maximum atomic E-state index is 13.4. The fraction of sp³-hybridized carbons (Fsp3) is 0.214. The molecule has 2 amide bonds. The van der Waals surface area contributed by atoms with Crippen molar-refractivity contribution in [2.75, 3.05) is 37.6 Å². The molecular formula is C28H27N3O2S. The molecule has 2 heterocycles. The second-order valence-corrected chi connectivity index (χ2v) is 9.62. The number of piperazine rings is 1. The Hall–Kier alpha value is -3.35. The maximum absolute atomic E-state index is 13.4. The van der Waals surface area contributed by atoms with Gasteiger partial charge in [0.1, 0.15) is 0 Å². The number of fused-ring (bicyclic) bond motifs is 2. The van der Waals surface area contributed by atoms with Crippen molar-refractivity contribution in [2.45, 2.75) is 16.3 Å². The average molecular weight is 470 g/mol. The number of amides is 2. The average Bonchev–Trinajstić information content (AvgIpc) is 2.99. The minimum absolute atomic E-state index is 0.0138. The Morgan fingerprint density at radius 3 is 2.41 bits per heavy atom. The van der Waals surface area contributed by atoms with Crippen molar-refractivity contribution >= 4 is 29.3 Å². The zero-order valence-corrected chi connectivity index (χ0v) is 19.8. The second kappa shape index (κ2) is 9.87. The van der Waals surface area contributed by atoms with Gasteiger partial charge in [-0.1, -0.05) is 60.3 Å². The van der Waals surface area contributed by atoms with E-state index in [0.29, 0.717) is 30.8 Å².